The smallest absolute Gasteiger partial charge is 0.252 e. The lowest BCUT2D eigenvalue weighted by Crippen LogP contribution is -2.46. The Morgan fingerprint density at radius 1 is 1.25 bits per heavy atom. The molecule has 2 aromatic rings. The molecule has 0 spiro atoms. The number of piperidine rings is 1. The summed E-state index contributed by atoms with van der Waals surface area (Å²) in [6.07, 6.45) is 3.55. The molecule has 148 valence electrons. The van der Waals surface area contributed by atoms with Crippen LogP contribution in [0.3, 0.4) is 0 Å². The van der Waals surface area contributed by atoms with Crippen LogP contribution in [0.25, 0.3) is 0 Å². The summed E-state index contributed by atoms with van der Waals surface area (Å²) in [6.45, 7) is 3.31. The predicted octanol–water partition coefficient (Wildman–Crippen LogP) is 2.75. The number of benzene rings is 1. The first-order chi connectivity index (χ1) is 13.6. The van der Waals surface area contributed by atoms with E-state index in [1.165, 1.54) is 7.11 Å². The number of hydrogen-bond acceptors (Lipinski definition) is 4. The third kappa shape index (κ3) is 4.75. The highest BCUT2D eigenvalue weighted by molar-refractivity contribution is 5.95. The maximum atomic E-state index is 13.0. The SMILES string of the molecule is COCC(=O)N1CCCC(C(NC(=O)c2ccccc2C)c2ccccn2)C1. The third-order valence-electron chi connectivity index (χ3n) is 5.23. The standard InChI is InChI=1S/C22H27N3O3/c1-16-8-3-4-10-18(16)22(27)24-21(19-11-5-6-12-23-19)17-9-7-13-25(14-17)20(26)15-28-2/h3-6,8,10-12,17,21H,7,9,13-15H2,1-2H3,(H,24,27). The molecule has 0 bridgehead atoms. The van der Waals surface area contributed by atoms with Crippen LogP contribution in [0.2, 0.25) is 0 Å². The molecule has 2 atom stereocenters. The third-order valence-corrected chi connectivity index (χ3v) is 5.23. The second-order valence-corrected chi connectivity index (χ2v) is 7.20. The summed E-state index contributed by atoms with van der Waals surface area (Å²) in [7, 11) is 1.53. The van der Waals surface area contributed by atoms with Crippen LogP contribution in [0.5, 0.6) is 0 Å². The topological polar surface area (TPSA) is 71.5 Å². The number of rotatable bonds is 6. The average molecular weight is 381 g/mol. The summed E-state index contributed by atoms with van der Waals surface area (Å²) in [5.41, 5.74) is 2.40. The monoisotopic (exact) mass is 381 g/mol. The van der Waals surface area contributed by atoms with Gasteiger partial charge in [-0.1, -0.05) is 24.3 Å². The molecule has 2 amide bonds. The van der Waals surface area contributed by atoms with Crippen molar-refractivity contribution in [2.24, 2.45) is 5.92 Å². The second-order valence-electron chi connectivity index (χ2n) is 7.20. The van der Waals surface area contributed by atoms with Crippen LogP contribution in [0.1, 0.15) is 40.5 Å². The highest BCUT2D eigenvalue weighted by Gasteiger charge is 2.32. The van der Waals surface area contributed by atoms with E-state index in [0.29, 0.717) is 12.1 Å². The van der Waals surface area contributed by atoms with Crippen molar-refractivity contribution in [1.82, 2.24) is 15.2 Å². The van der Waals surface area contributed by atoms with Crippen LogP contribution in [-0.2, 0) is 9.53 Å². The fourth-order valence-corrected chi connectivity index (χ4v) is 3.76. The summed E-state index contributed by atoms with van der Waals surface area (Å²) < 4.78 is 5.00. The van der Waals surface area contributed by atoms with Crippen LogP contribution in [0.4, 0.5) is 0 Å². The first kappa shape index (κ1) is 20.0. The van der Waals surface area contributed by atoms with Crippen LogP contribution >= 0.6 is 0 Å². The van der Waals surface area contributed by atoms with Crippen LogP contribution in [0.15, 0.2) is 48.7 Å². The molecule has 28 heavy (non-hydrogen) atoms. The molecule has 1 N–H and O–H groups in total. The molecule has 1 fully saturated rings. The zero-order chi connectivity index (χ0) is 19.9. The minimum Gasteiger partial charge on any atom is -0.375 e. The van der Waals surface area contributed by atoms with Crippen LogP contribution in [0, 0.1) is 12.8 Å². The molecule has 1 aromatic carbocycles. The zero-order valence-electron chi connectivity index (χ0n) is 16.4. The minimum atomic E-state index is -0.258. The quantitative estimate of drug-likeness (QED) is 0.835. The zero-order valence-corrected chi connectivity index (χ0v) is 16.4. The largest absolute Gasteiger partial charge is 0.375 e. The van der Waals surface area contributed by atoms with E-state index < -0.39 is 0 Å². The maximum absolute atomic E-state index is 13.0. The Morgan fingerprint density at radius 3 is 2.75 bits per heavy atom. The van der Waals surface area contributed by atoms with E-state index in [0.717, 1.165) is 30.6 Å². The van der Waals surface area contributed by atoms with Gasteiger partial charge in [-0.25, -0.2) is 0 Å². The number of pyridine rings is 1. The number of carbonyl (C=O) groups excluding carboxylic acids is 2. The van der Waals surface area contributed by atoms with E-state index >= 15 is 0 Å². The van der Waals surface area contributed by atoms with Gasteiger partial charge in [-0.15, -0.1) is 0 Å². The summed E-state index contributed by atoms with van der Waals surface area (Å²) in [5, 5.41) is 3.18. The number of nitrogens with one attached hydrogen (secondary N) is 1. The van der Waals surface area contributed by atoms with Crippen molar-refractivity contribution in [3.05, 3.63) is 65.5 Å². The van der Waals surface area contributed by atoms with Crippen molar-refractivity contribution in [3.8, 4) is 0 Å². The van der Waals surface area contributed by atoms with Gasteiger partial charge in [-0.05, 0) is 43.5 Å². The molecule has 1 aliphatic heterocycles. The fourth-order valence-electron chi connectivity index (χ4n) is 3.76. The Labute approximate surface area is 165 Å². The average Bonchev–Trinajstić information content (AvgIpc) is 2.73. The highest BCUT2D eigenvalue weighted by atomic mass is 16.5. The number of hydrogen-bond donors (Lipinski definition) is 1. The lowest BCUT2D eigenvalue weighted by molar-refractivity contribution is -0.137. The summed E-state index contributed by atoms with van der Waals surface area (Å²) >= 11 is 0. The lowest BCUT2D eigenvalue weighted by atomic mass is 9.88. The van der Waals surface area contributed by atoms with Gasteiger partial charge < -0.3 is 15.0 Å². The molecule has 2 heterocycles. The number of ether oxygens (including phenoxy) is 1. The Morgan fingerprint density at radius 2 is 2.04 bits per heavy atom. The number of carbonyl (C=O) groups is 2. The van der Waals surface area contributed by atoms with Gasteiger partial charge >= 0.3 is 0 Å². The number of aryl methyl sites for hydroxylation is 1. The van der Waals surface area contributed by atoms with Gasteiger partial charge in [0.2, 0.25) is 5.91 Å². The molecular weight excluding hydrogens is 354 g/mol. The van der Waals surface area contributed by atoms with Gasteiger partial charge in [0.1, 0.15) is 6.61 Å². The van der Waals surface area contributed by atoms with Gasteiger partial charge in [0, 0.05) is 37.9 Å². The highest BCUT2D eigenvalue weighted by Crippen LogP contribution is 2.29. The molecule has 1 saturated heterocycles. The summed E-state index contributed by atoms with van der Waals surface area (Å²) in [6, 6.07) is 13.0. The molecular formula is C22H27N3O3. The van der Waals surface area contributed by atoms with E-state index in [-0.39, 0.29) is 30.4 Å². The van der Waals surface area contributed by atoms with E-state index in [1.54, 1.807) is 6.20 Å². The molecule has 3 rings (SSSR count). The summed E-state index contributed by atoms with van der Waals surface area (Å²) in [5.74, 6) is -0.0382. The van der Waals surface area contributed by atoms with Gasteiger partial charge in [0.25, 0.3) is 5.91 Å². The Hall–Kier alpha value is -2.73. The molecule has 2 unspecified atom stereocenters. The Kier molecular flexibility index (Phi) is 6.76. The first-order valence-corrected chi connectivity index (χ1v) is 9.64. The van der Waals surface area contributed by atoms with E-state index in [9.17, 15) is 9.59 Å². The van der Waals surface area contributed by atoms with E-state index in [2.05, 4.69) is 10.3 Å². The molecule has 6 heteroatoms. The summed E-state index contributed by atoms with van der Waals surface area (Å²) in [4.78, 5) is 31.6. The van der Waals surface area contributed by atoms with Crippen molar-refractivity contribution in [2.45, 2.75) is 25.8 Å². The number of aromatic nitrogens is 1. The normalized spacial score (nSPS) is 17.8. The minimum absolute atomic E-state index is 0.0165. The van der Waals surface area contributed by atoms with Crippen molar-refractivity contribution < 1.29 is 14.3 Å². The fraction of sp³-hybridized carbons (Fsp3) is 0.409. The van der Waals surface area contributed by atoms with Crippen molar-refractivity contribution in [3.63, 3.8) is 0 Å². The van der Waals surface area contributed by atoms with Gasteiger partial charge in [-0.3, -0.25) is 14.6 Å². The lowest BCUT2D eigenvalue weighted by Gasteiger charge is -2.37. The predicted molar refractivity (Wildman–Crippen MR) is 107 cm³/mol. The molecule has 1 aromatic heterocycles. The molecule has 1 aliphatic rings. The Bertz CT molecular complexity index is 810. The van der Waals surface area contributed by atoms with Crippen LogP contribution in [-0.4, -0.2) is 48.5 Å². The second kappa shape index (κ2) is 9.46. The maximum Gasteiger partial charge on any atom is 0.252 e. The first-order valence-electron chi connectivity index (χ1n) is 9.64. The number of likely N-dealkylation sites (tertiary alicyclic amines) is 1. The molecule has 0 radical (unpaired) electrons. The molecule has 0 saturated carbocycles. The van der Waals surface area contributed by atoms with Crippen molar-refractivity contribution in [2.75, 3.05) is 26.8 Å². The number of methoxy groups -OCH3 is 1. The van der Waals surface area contributed by atoms with Crippen molar-refractivity contribution in [1.29, 1.82) is 0 Å². The van der Waals surface area contributed by atoms with Gasteiger partial charge in [-0.2, -0.15) is 0 Å². The van der Waals surface area contributed by atoms with Gasteiger partial charge in [0.05, 0.1) is 11.7 Å². The van der Waals surface area contributed by atoms with E-state index in [1.807, 2.05) is 54.3 Å². The van der Waals surface area contributed by atoms with Crippen molar-refractivity contribution >= 4 is 11.8 Å². The number of nitrogens with zero attached hydrogens (tertiary/aromatic N) is 2. The molecule has 6 nitrogen and oxygen atoms in total. The van der Waals surface area contributed by atoms with E-state index in [4.69, 9.17) is 4.74 Å². The Balaban J connectivity index is 1.82. The van der Waals surface area contributed by atoms with Gasteiger partial charge in [0.15, 0.2) is 0 Å². The van der Waals surface area contributed by atoms with Crippen LogP contribution < -0.4 is 5.32 Å². The number of amides is 2. The molecule has 0 aliphatic carbocycles.